The fourth-order valence-electron chi connectivity index (χ4n) is 4.63. The molecule has 0 aromatic heterocycles. The van der Waals surface area contributed by atoms with Crippen molar-refractivity contribution in [2.45, 2.75) is 31.5 Å². The van der Waals surface area contributed by atoms with Crippen LogP contribution in [0.2, 0.25) is 0 Å². The van der Waals surface area contributed by atoms with E-state index in [0.717, 1.165) is 16.7 Å². The van der Waals surface area contributed by atoms with Crippen LogP contribution in [0, 0.1) is 5.92 Å². The van der Waals surface area contributed by atoms with Gasteiger partial charge in [-0.3, -0.25) is 10.1 Å². The lowest BCUT2D eigenvalue weighted by Gasteiger charge is -2.42. The predicted octanol–water partition coefficient (Wildman–Crippen LogP) is 4.99. The van der Waals surface area contributed by atoms with E-state index in [2.05, 4.69) is 98.0 Å². The lowest BCUT2D eigenvalue weighted by atomic mass is 9.76. The quantitative estimate of drug-likeness (QED) is 0.459. The first kappa shape index (κ1) is 21.1. The summed E-state index contributed by atoms with van der Waals surface area (Å²) < 4.78 is 0. The van der Waals surface area contributed by atoms with Gasteiger partial charge in [0.25, 0.3) is 0 Å². The second-order valence-corrected chi connectivity index (χ2v) is 8.54. The van der Waals surface area contributed by atoms with Crippen LogP contribution in [-0.4, -0.2) is 29.9 Å². The van der Waals surface area contributed by atoms with Crippen LogP contribution in [0.5, 0.6) is 0 Å². The minimum Gasteiger partial charge on any atom is -0.337 e. The molecular formula is C28H30N2O. The number of nitrogens with one attached hydrogen (secondary N) is 1. The molecule has 1 heterocycles. The molecule has 3 nitrogen and oxygen atoms in total. The highest BCUT2D eigenvalue weighted by Crippen LogP contribution is 2.37. The van der Waals surface area contributed by atoms with Crippen molar-refractivity contribution in [1.82, 2.24) is 10.2 Å². The number of rotatable bonds is 6. The lowest BCUT2D eigenvalue weighted by Crippen LogP contribution is -2.58. The molecule has 0 spiro atoms. The summed E-state index contributed by atoms with van der Waals surface area (Å²) in [4.78, 5) is 15.3. The topological polar surface area (TPSA) is 32.3 Å². The zero-order valence-corrected chi connectivity index (χ0v) is 18.4. The third-order valence-corrected chi connectivity index (χ3v) is 6.24. The fraction of sp³-hybridized carbons (Fsp3) is 0.250. The number of carbonyl (C=O) groups is 1. The first-order valence-corrected chi connectivity index (χ1v) is 10.9. The predicted molar refractivity (Wildman–Crippen MR) is 127 cm³/mol. The minimum atomic E-state index is -0.667. The second kappa shape index (κ2) is 8.91. The van der Waals surface area contributed by atoms with Gasteiger partial charge < -0.3 is 4.90 Å². The van der Waals surface area contributed by atoms with Crippen LogP contribution in [0.3, 0.4) is 0 Å². The zero-order chi connectivity index (χ0) is 21.8. The molecule has 3 aromatic rings. The van der Waals surface area contributed by atoms with E-state index in [1.54, 1.807) is 0 Å². The molecule has 0 bridgehead atoms. The molecule has 0 saturated carbocycles. The normalized spacial score (nSPS) is 19.1. The monoisotopic (exact) mass is 410 g/mol. The van der Waals surface area contributed by atoms with Crippen LogP contribution in [-0.2, 0) is 10.3 Å². The summed E-state index contributed by atoms with van der Waals surface area (Å²) >= 11 is 0. The van der Waals surface area contributed by atoms with E-state index < -0.39 is 11.6 Å². The van der Waals surface area contributed by atoms with Gasteiger partial charge >= 0.3 is 0 Å². The molecule has 0 saturated heterocycles. The minimum absolute atomic E-state index is 0.0911. The highest BCUT2D eigenvalue weighted by molar-refractivity contribution is 5.85. The number of nitrogens with zero attached hydrogens (tertiary/aromatic N) is 1. The van der Waals surface area contributed by atoms with Gasteiger partial charge in [0.1, 0.15) is 6.04 Å². The van der Waals surface area contributed by atoms with E-state index in [9.17, 15) is 4.79 Å². The summed E-state index contributed by atoms with van der Waals surface area (Å²) in [5.74, 6) is 0.460. The van der Waals surface area contributed by atoms with Gasteiger partial charge in [0, 0.05) is 7.05 Å². The van der Waals surface area contributed by atoms with Crippen molar-refractivity contribution in [2.24, 2.45) is 5.92 Å². The Bertz CT molecular complexity index is 932. The van der Waals surface area contributed by atoms with Gasteiger partial charge in [-0.1, -0.05) is 117 Å². The Morgan fingerprint density at radius 2 is 1.16 bits per heavy atom. The summed E-state index contributed by atoms with van der Waals surface area (Å²) in [5, 5.41) is 3.78. The van der Waals surface area contributed by atoms with Crippen LogP contribution in [0.15, 0.2) is 103 Å². The largest absolute Gasteiger partial charge is 0.337 e. The molecule has 0 aliphatic carbocycles. The number of likely N-dealkylation sites (N-methyl/N-ethyl adjacent to an activating group) is 1. The molecule has 1 aliphatic heterocycles. The Hall–Kier alpha value is -3.17. The molecule has 0 radical (unpaired) electrons. The molecule has 3 aromatic carbocycles. The Morgan fingerprint density at radius 1 is 0.742 bits per heavy atom. The summed E-state index contributed by atoms with van der Waals surface area (Å²) in [6.07, 6.45) is 4.20. The number of benzene rings is 3. The van der Waals surface area contributed by atoms with Gasteiger partial charge in [0.05, 0.1) is 11.6 Å². The summed E-state index contributed by atoms with van der Waals surface area (Å²) in [5.41, 5.74) is 2.63. The van der Waals surface area contributed by atoms with Crippen molar-refractivity contribution in [3.63, 3.8) is 0 Å². The maximum Gasteiger partial charge on any atom is 0.243 e. The molecule has 158 valence electrons. The van der Waals surface area contributed by atoms with E-state index in [4.69, 9.17) is 0 Å². The highest BCUT2D eigenvalue weighted by Gasteiger charge is 2.41. The van der Waals surface area contributed by atoms with E-state index in [1.165, 1.54) is 0 Å². The number of hydrogen-bond acceptors (Lipinski definition) is 2. The first-order valence-electron chi connectivity index (χ1n) is 10.9. The lowest BCUT2D eigenvalue weighted by molar-refractivity contribution is -0.134. The van der Waals surface area contributed by atoms with Crippen molar-refractivity contribution in [1.29, 1.82) is 0 Å². The van der Waals surface area contributed by atoms with E-state index in [-0.39, 0.29) is 11.9 Å². The van der Waals surface area contributed by atoms with Gasteiger partial charge in [-0.15, -0.1) is 0 Å². The van der Waals surface area contributed by atoms with Gasteiger partial charge in [-0.05, 0) is 22.6 Å². The Kier molecular flexibility index (Phi) is 6.06. The molecule has 0 unspecified atom stereocenters. The highest BCUT2D eigenvalue weighted by atomic mass is 16.2. The van der Waals surface area contributed by atoms with Crippen molar-refractivity contribution in [2.75, 3.05) is 7.05 Å². The Morgan fingerprint density at radius 3 is 1.55 bits per heavy atom. The third kappa shape index (κ3) is 3.94. The van der Waals surface area contributed by atoms with Crippen LogP contribution in [0.25, 0.3) is 0 Å². The van der Waals surface area contributed by atoms with Crippen LogP contribution >= 0.6 is 0 Å². The third-order valence-electron chi connectivity index (χ3n) is 6.24. The maximum atomic E-state index is 13.4. The fourth-order valence-corrected chi connectivity index (χ4v) is 4.63. The molecular weight excluding hydrogens is 380 g/mol. The molecule has 31 heavy (non-hydrogen) atoms. The molecule has 3 heteroatoms. The SMILES string of the molecule is CC(C)[C@H]1C=C[C@H](NC(c2ccccc2)(c2ccccc2)c2ccccc2)C(=O)N1C. The molecule has 2 atom stereocenters. The molecule has 0 fully saturated rings. The van der Waals surface area contributed by atoms with Crippen LogP contribution < -0.4 is 5.32 Å². The summed E-state index contributed by atoms with van der Waals surface area (Å²) in [6.45, 7) is 4.30. The van der Waals surface area contributed by atoms with Gasteiger partial charge in [-0.25, -0.2) is 0 Å². The number of carbonyl (C=O) groups excluding carboxylic acids is 1. The van der Waals surface area contributed by atoms with E-state index in [0.29, 0.717) is 5.92 Å². The first-order chi connectivity index (χ1) is 15.0. The smallest absolute Gasteiger partial charge is 0.243 e. The zero-order valence-electron chi connectivity index (χ0n) is 18.4. The average Bonchev–Trinajstić information content (AvgIpc) is 2.81. The van der Waals surface area contributed by atoms with Gasteiger partial charge in [-0.2, -0.15) is 0 Å². The van der Waals surface area contributed by atoms with Gasteiger partial charge in [0.2, 0.25) is 5.91 Å². The Labute approximate surface area is 185 Å². The van der Waals surface area contributed by atoms with Crippen LogP contribution in [0.4, 0.5) is 0 Å². The maximum absolute atomic E-state index is 13.4. The van der Waals surface area contributed by atoms with E-state index in [1.807, 2.05) is 36.2 Å². The Balaban J connectivity index is 1.89. The summed E-state index contributed by atoms with van der Waals surface area (Å²) in [6, 6.07) is 30.9. The van der Waals surface area contributed by atoms with E-state index >= 15 is 0 Å². The average molecular weight is 411 g/mol. The molecule has 1 aliphatic rings. The molecule has 1 amide bonds. The van der Waals surface area contributed by atoms with Gasteiger partial charge in [0.15, 0.2) is 0 Å². The van der Waals surface area contributed by atoms with Crippen LogP contribution in [0.1, 0.15) is 30.5 Å². The number of hydrogen-bond donors (Lipinski definition) is 1. The van der Waals surface area contributed by atoms with Crippen molar-refractivity contribution >= 4 is 5.91 Å². The molecule has 4 rings (SSSR count). The van der Waals surface area contributed by atoms with Crippen molar-refractivity contribution < 1.29 is 4.79 Å². The summed E-state index contributed by atoms with van der Waals surface area (Å²) in [7, 11) is 1.90. The van der Waals surface area contributed by atoms with Crippen molar-refractivity contribution in [3.8, 4) is 0 Å². The molecule has 1 N–H and O–H groups in total. The standard InChI is InChI=1S/C28H30N2O/c1-21(2)26-20-19-25(27(31)30(26)3)29-28(22-13-7-4-8-14-22,23-15-9-5-10-16-23)24-17-11-6-12-18-24/h4-21,25-26,29H,1-3H3/t25-,26+/m0/s1. The second-order valence-electron chi connectivity index (χ2n) is 8.54. The van der Waals surface area contributed by atoms with Crippen molar-refractivity contribution in [3.05, 3.63) is 120 Å². The number of amides is 1.